The van der Waals surface area contributed by atoms with Crippen LogP contribution in [0.3, 0.4) is 0 Å². The molecule has 1 aliphatic rings. The number of aliphatic hydroxyl groups excluding tert-OH is 1. The van der Waals surface area contributed by atoms with Gasteiger partial charge in [-0.1, -0.05) is 37.3 Å². The monoisotopic (exact) mass is 327 g/mol. The highest BCUT2D eigenvalue weighted by atomic mass is 16.5. The van der Waals surface area contributed by atoms with E-state index in [9.17, 15) is 5.11 Å². The largest absolute Gasteiger partial charge is 0.493 e. The van der Waals surface area contributed by atoms with Gasteiger partial charge in [0.15, 0.2) is 11.5 Å². The van der Waals surface area contributed by atoms with Crippen LogP contribution in [0.5, 0.6) is 11.5 Å². The molecule has 1 N–H and O–H groups in total. The first-order valence-electron chi connectivity index (χ1n) is 8.38. The van der Waals surface area contributed by atoms with Gasteiger partial charge in [-0.25, -0.2) is 0 Å². The number of hydrogen-bond acceptors (Lipinski definition) is 4. The Bertz CT molecular complexity index is 701. The number of fused-ring (bicyclic) bond motifs is 1. The van der Waals surface area contributed by atoms with Gasteiger partial charge in [0.25, 0.3) is 0 Å². The van der Waals surface area contributed by atoms with E-state index in [0.29, 0.717) is 0 Å². The molecular formula is C20H25NO3. The second-order valence-corrected chi connectivity index (χ2v) is 6.17. The van der Waals surface area contributed by atoms with Gasteiger partial charge in [-0.15, -0.1) is 0 Å². The standard InChI is InChI=1S/C20H25NO3/c1-4-21(13-14-9-10-18(23-2)19(11-14)24-3)17-12-15-7-5-6-8-16(15)20(17)22/h5-11,17,20,22H,4,12-13H2,1-3H3. The molecule has 24 heavy (non-hydrogen) atoms. The number of rotatable bonds is 6. The van der Waals surface area contributed by atoms with E-state index in [1.807, 2.05) is 30.3 Å². The van der Waals surface area contributed by atoms with Gasteiger partial charge in [-0.3, -0.25) is 4.90 Å². The van der Waals surface area contributed by atoms with Crippen molar-refractivity contribution in [2.45, 2.75) is 32.0 Å². The quantitative estimate of drug-likeness (QED) is 0.885. The van der Waals surface area contributed by atoms with Crippen molar-refractivity contribution in [3.63, 3.8) is 0 Å². The summed E-state index contributed by atoms with van der Waals surface area (Å²) in [5.74, 6) is 1.47. The van der Waals surface area contributed by atoms with Crippen molar-refractivity contribution in [2.24, 2.45) is 0 Å². The molecule has 2 atom stereocenters. The van der Waals surface area contributed by atoms with Crippen molar-refractivity contribution >= 4 is 0 Å². The normalized spacial score (nSPS) is 19.4. The summed E-state index contributed by atoms with van der Waals surface area (Å²) in [6.45, 7) is 3.78. The summed E-state index contributed by atoms with van der Waals surface area (Å²) < 4.78 is 10.7. The van der Waals surface area contributed by atoms with Crippen LogP contribution in [-0.4, -0.2) is 36.8 Å². The Balaban J connectivity index is 1.79. The zero-order valence-electron chi connectivity index (χ0n) is 14.5. The summed E-state index contributed by atoms with van der Waals surface area (Å²) in [5, 5.41) is 10.7. The SMILES string of the molecule is CCN(Cc1ccc(OC)c(OC)c1)C1Cc2ccccc2C1O. The zero-order chi connectivity index (χ0) is 17.1. The molecule has 0 radical (unpaired) electrons. The van der Waals surface area contributed by atoms with E-state index in [1.54, 1.807) is 14.2 Å². The van der Waals surface area contributed by atoms with E-state index in [1.165, 1.54) is 5.56 Å². The fourth-order valence-electron chi connectivity index (χ4n) is 3.56. The molecule has 0 heterocycles. The average Bonchev–Trinajstić information content (AvgIpc) is 2.96. The van der Waals surface area contributed by atoms with Crippen LogP contribution < -0.4 is 9.47 Å². The lowest BCUT2D eigenvalue weighted by Gasteiger charge is -2.30. The average molecular weight is 327 g/mol. The topological polar surface area (TPSA) is 41.9 Å². The molecule has 4 heteroatoms. The van der Waals surface area contributed by atoms with Crippen molar-refractivity contribution in [1.29, 1.82) is 0 Å². The van der Waals surface area contributed by atoms with Gasteiger partial charge in [0.05, 0.1) is 20.3 Å². The molecule has 2 unspecified atom stereocenters. The maximum Gasteiger partial charge on any atom is 0.161 e. The molecule has 3 rings (SSSR count). The number of nitrogens with zero attached hydrogens (tertiary/aromatic N) is 1. The smallest absolute Gasteiger partial charge is 0.161 e. The highest BCUT2D eigenvalue weighted by molar-refractivity contribution is 5.43. The molecule has 2 aromatic rings. The summed E-state index contributed by atoms with van der Waals surface area (Å²) in [5.41, 5.74) is 3.46. The van der Waals surface area contributed by atoms with E-state index in [4.69, 9.17) is 9.47 Å². The number of methoxy groups -OCH3 is 2. The minimum Gasteiger partial charge on any atom is -0.493 e. The number of aliphatic hydroxyl groups is 1. The van der Waals surface area contributed by atoms with Crippen LogP contribution >= 0.6 is 0 Å². The lowest BCUT2D eigenvalue weighted by atomic mass is 10.1. The summed E-state index contributed by atoms with van der Waals surface area (Å²) in [6.07, 6.45) is 0.458. The predicted octanol–water partition coefficient (Wildman–Crippen LogP) is 3.18. The van der Waals surface area contributed by atoms with Gasteiger partial charge in [0.2, 0.25) is 0 Å². The molecule has 128 valence electrons. The lowest BCUT2D eigenvalue weighted by Crippen LogP contribution is -2.37. The molecule has 0 saturated carbocycles. The second kappa shape index (κ2) is 7.24. The summed E-state index contributed by atoms with van der Waals surface area (Å²) >= 11 is 0. The Morgan fingerprint density at radius 1 is 1.08 bits per heavy atom. The van der Waals surface area contributed by atoms with Crippen molar-refractivity contribution in [2.75, 3.05) is 20.8 Å². The van der Waals surface area contributed by atoms with Crippen molar-refractivity contribution in [3.8, 4) is 11.5 Å². The highest BCUT2D eigenvalue weighted by Gasteiger charge is 2.34. The first-order chi connectivity index (χ1) is 11.7. The first kappa shape index (κ1) is 16.8. The van der Waals surface area contributed by atoms with Gasteiger partial charge < -0.3 is 14.6 Å². The van der Waals surface area contributed by atoms with Gasteiger partial charge in [-0.2, -0.15) is 0 Å². The van der Waals surface area contributed by atoms with Crippen LogP contribution in [0.2, 0.25) is 0 Å². The van der Waals surface area contributed by atoms with E-state index in [2.05, 4.69) is 24.0 Å². The van der Waals surface area contributed by atoms with Crippen LogP contribution in [-0.2, 0) is 13.0 Å². The van der Waals surface area contributed by atoms with Crippen molar-refractivity contribution in [1.82, 2.24) is 4.90 Å². The van der Waals surface area contributed by atoms with E-state index < -0.39 is 6.10 Å². The summed E-state index contributed by atoms with van der Waals surface area (Å²) in [4.78, 5) is 2.33. The van der Waals surface area contributed by atoms with Crippen LogP contribution in [0.25, 0.3) is 0 Å². The minimum atomic E-state index is -0.429. The molecule has 0 aliphatic heterocycles. The van der Waals surface area contributed by atoms with E-state index in [0.717, 1.165) is 42.1 Å². The molecule has 0 spiro atoms. The number of hydrogen-bond donors (Lipinski definition) is 1. The van der Waals surface area contributed by atoms with Crippen LogP contribution in [0, 0.1) is 0 Å². The summed E-state index contributed by atoms with van der Waals surface area (Å²) in [6, 6.07) is 14.3. The Labute approximate surface area is 143 Å². The number of ether oxygens (including phenoxy) is 2. The van der Waals surface area contributed by atoms with Crippen molar-refractivity contribution < 1.29 is 14.6 Å². The Morgan fingerprint density at radius 3 is 2.50 bits per heavy atom. The van der Waals surface area contributed by atoms with Crippen LogP contribution in [0.15, 0.2) is 42.5 Å². The fourth-order valence-corrected chi connectivity index (χ4v) is 3.56. The van der Waals surface area contributed by atoms with Gasteiger partial charge in [-0.05, 0) is 41.8 Å². The fraction of sp³-hybridized carbons (Fsp3) is 0.400. The highest BCUT2D eigenvalue weighted by Crippen LogP contribution is 2.35. The minimum absolute atomic E-state index is 0.112. The van der Waals surface area contributed by atoms with Crippen LogP contribution in [0.4, 0.5) is 0 Å². The third kappa shape index (κ3) is 3.12. The first-order valence-corrected chi connectivity index (χ1v) is 8.38. The summed E-state index contributed by atoms with van der Waals surface area (Å²) in [7, 11) is 3.29. The molecule has 0 saturated heterocycles. The molecule has 0 amide bonds. The van der Waals surface area contributed by atoms with E-state index >= 15 is 0 Å². The predicted molar refractivity (Wildman–Crippen MR) is 94.5 cm³/mol. The maximum atomic E-state index is 10.7. The molecule has 0 aromatic heterocycles. The van der Waals surface area contributed by atoms with E-state index in [-0.39, 0.29) is 6.04 Å². The third-order valence-corrected chi connectivity index (χ3v) is 4.88. The molecule has 1 aliphatic carbocycles. The number of benzene rings is 2. The number of likely N-dealkylation sites (N-methyl/N-ethyl adjacent to an activating group) is 1. The molecule has 4 nitrogen and oxygen atoms in total. The van der Waals surface area contributed by atoms with Crippen LogP contribution in [0.1, 0.15) is 29.7 Å². The van der Waals surface area contributed by atoms with Gasteiger partial charge >= 0.3 is 0 Å². The second-order valence-electron chi connectivity index (χ2n) is 6.17. The molecule has 0 fully saturated rings. The Morgan fingerprint density at radius 2 is 1.83 bits per heavy atom. The maximum absolute atomic E-state index is 10.7. The Kier molecular flexibility index (Phi) is 5.07. The molecular weight excluding hydrogens is 302 g/mol. The third-order valence-electron chi connectivity index (χ3n) is 4.88. The zero-order valence-corrected chi connectivity index (χ0v) is 14.5. The van der Waals surface area contributed by atoms with Gasteiger partial charge in [0, 0.05) is 12.6 Å². The molecule has 2 aromatic carbocycles. The Hall–Kier alpha value is -2.04. The van der Waals surface area contributed by atoms with Gasteiger partial charge in [0.1, 0.15) is 0 Å². The van der Waals surface area contributed by atoms with Crippen molar-refractivity contribution in [3.05, 3.63) is 59.2 Å². The molecule has 0 bridgehead atoms. The lowest BCUT2D eigenvalue weighted by molar-refractivity contribution is 0.0591.